The van der Waals surface area contributed by atoms with Crippen LogP contribution in [0.2, 0.25) is 0 Å². The minimum atomic E-state index is -1.12. The molecule has 1 saturated heterocycles. The Morgan fingerprint density at radius 2 is 1.93 bits per heavy atom. The molecule has 10 nitrogen and oxygen atoms in total. The SMILES string of the molecule is COc1ccccc1C(=O)N1CCCC(C(=O)N[C@@H](CC2=CCC(NC(=O)N3CCC4=C(C=CCC4)C3)C=C2)C(=O)O)C1. The van der Waals surface area contributed by atoms with E-state index in [2.05, 4.69) is 22.8 Å². The van der Waals surface area contributed by atoms with Gasteiger partial charge in [0.2, 0.25) is 5.91 Å². The molecule has 2 unspecified atom stereocenters. The van der Waals surface area contributed by atoms with E-state index in [0.717, 1.165) is 24.8 Å². The highest BCUT2D eigenvalue weighted by molar-refractivity contribution is 5.97. The number of carbonyl (C=O) groups excluding carboxylic acids is 3. The summed E-state index contributed by atoms with van der Waals surface area (Å²) >= 11 is 0. The number of urea groups is 1. The first-order valence-electron chi connectivity index (χ1n) is 15.1. The van der Waals surface area contributed by atoms with Crippen molar-refractivity contribution in [2.45, 2.75) is 57.0 Å². The molecule has 3 atom stereocenters. The van der Waals surface area contributed by atoms with Crippen molar-refractivity contribution in [3.8, 4) is 5.75 Å². The van der Waals surface area contributed by atoms with Crippen LogP contribution in [0, 0.1) is 5.92 Å². The number of ether oxygens (including phenoxy) is 1. The van der Waals surface area contributed by atoms with Crippen molar-refractivity contribution in [2.75, 3.05) is 33.3 Å². The van der Waals surface area contributed by atoms with Gasteiger partial charge in [-0.1, -0.05) is 48.1 Å². The van der Waals surface area contributed by atoms with Crippen molar-refractivity contribution in [1.82, 2.24) is 20.4 Å². The molecule has 0 spiro atoms. The number of carboxylic acids is 1. The Morgan fingerprint density at radius 1 is 1.09 bits per heavy atom. The minimum absolute atomic E-state index is 0.0987. The van der Waals surface area contributed by atoms with Crippen LogP contribution in [0.1, 0.15) is 55.3 Å². The molecule has 5 rings (SSSR count). The van der Waals surface area contributed by atoms with E-state index < -0.39 is 17.9 Å². The quantitative estimate of drug-likeness (QED) is 0.424. The Bertz CT molecular complexity index is 1380. The number of hydrogen-bond acceptors (Lipinski definition) is 5. The van der Waals surface area contributed by atoms with Crippen LogP contribution in [0.5, 0.6) is 5.75 Å². The summed E-state index contributed by atoms with van der Waals surface area (Å²) < 4.78 is 5.32. The number of piperidine rings is 1. The van der Waals surface area contributed by atoms with Crippen molar-refractivity contribution < 1.29 is 29.0 Å². The van der Waals surface area contributed by atoms with Gasteiger partial charge in [0, 0.05) is 32.6 Å². The zero-order valence-corrected chi connectivity index (χ0v) is 24.6. The second kappa shape index (κ2) is 13.8. The molecule has 1 aromatic carbocycles. The lowest BCUT2D eigenvalue weighted by Gasteiger charge is -2.33. The van der Waals surface area contributed by atoms with Crippen LogP contribution >= 0.6 is 0 Å². The number of benzene rings is 1. The third-order valence-corrected chi connectivity index (χ3v) is 8.67. The van der Waals surface area contributed by atoms with Crippen molar-refractivity contribution in [2.24, 2.45) is 5.92 Å². The van der Waals surface area contributed by atoms with Gasteiger partial charge >= 0.3 is 12.0 Å². The van der Waals surface area contributed by atoms with Crippen molar-refractivity contribution in [3.05, 3.63) is 76.9 Å². The van der Waals surface area contributed by atoms with E-state index in [1.54, 1.807) is 29.2 Å². The first-order chi connectivity index (χ1) is 20.8. The summed E-state index contributed by atoms with van der Waals surface area (Å²) in [6.07, 6.45) is 14.9. The molecule has 0 bridgehead atoms. The van der Waals surface area contributed by atoms with Gasteiger partial charge < -0.3 is 30.3 Å². The monoisotopic (exact) mass is 588 g/mol. The van der Waals surface area contributed by atoms with E-state index in [1.165, 1.54) is 18.3 Å². The summed E-state index contributed by atoms with van der Waals surface area (Å²) in [5.41, 5.74) is 3.93. The number of carbonyl (C=O) groups is 4. The van der Waals surface area contributed by atoms with Crippen molar-refractivity contribution in [3.63, 3.8) is 0 Å². The predicted molar refractivity (Wildman–Crippen MR) is 162 cm³/mol. The Labute approximate surface area is 252 Å². The average molecular weight is 589 g/mol. The number of amides is 4. The number of rotatable bonds is 8. The Balaban J connectivity index is 1.11. The number of aliphatic carboxylic acids is 1. The summed E-state index contributed by atoms with van der Waals surface area (Å²) in [7, 11) is 1.51. The van der Waals surface area contributed by atoms with Crippen LogP contribution in [0.25, 0.3) is 0 Å². The topological polar surface area (TPSA) is 128 Å². The maximum absolute atomic E-state index is 13.2. The molecule has 0 radical (unpaired) electrons. The second-order valence-corrected chi connectivity index (χ2v) is 11.6. The Kier molecular flexibility index (Phi) is 9.64. The molecule has 228 valence electrons. The van der Waals surface area contributed by atoms with Gasteiger partial charge in [0.25, 0.3) is 5.91 Å². The molecule has 10 heteroatoms. The molecule has 4 amide bonds. The van der Waals surface area contributed by atoms with E-state index in [-0.39, 0.29) is 36.9 Å². The van der Waals surface area contributed by atoms with Gasteiger partial charge in [0.05, 0.1) is 24.6 Å². The molecular formula is C33H40N4O6. The maximum Gasteiger partial charge on any atom is 0.326 e. The normalized spacial score (nSPS) is 22.3. The summed E-state index contributed by atoms with van der Waals surface area (Å²) in [5, 5.41) is 15.7. The number of nitrogens with zero attached hydrogens (tertiary/aromatic N) is 2. The molecule has 2 aliphatic carbocycles. The number of hydrogen-bond donors (Lipinski definition) is 3. The third kappa shape index (κ3) is 7.36. The van der Waals surface area contributed by atoms with Gasteiger partial charge in [-0.25, -0.2) is 9.59 Å². The van der Waals surface area contributed by atoms with Crippen molar-refractivity contribution in [1.29, 1.82) is 0 Å². The van der Waals surface area contributed by atoms with Crippen LogP contribution < -0.4 is 15.4 Å². The Morgan fingerprint density at radius 3 is 2.70 bits per heavy atom. The first-order valence-corrected chi connectivity index (χ1v) is 15.1. The summed E-state index contributed by atoms with van der Waals surface area (Å²) in [4.78, 5) is 54.8. The maximum atomic E-state index is 13.2. The molecule has 1 aromatic rings. The smallest absolute Gasteiger partial charge is 0.326 e. The average Bonchev–Trinajstić information content (AvgIpc) is 3.04. The highest BCUT2D eigenvalue weighted by atomic mass is 16.5. The van der Waals surface area contributed by atoms with E-state index in [0.29, 0.717) is 50.2 Å². The fraction of sp³-hybridized carbons (Fsp3) is 0.455. The zero-order valence-electron chi connectivity index (χ0n) is 24.6. The molecule has 4 aliphatic rings. The Hall–Kier alpha value is -4.34. The largest absolute Gasteiger partial charge is 0.496 e. The van der Waals surface area contributed by atoms with E-state index in [9.17, 15) is 24.3 Å². The number of allylic oxidation sites excluding steroid dienone is 2. The van der Waals surface area contributed by atoms with Crippen molar-refractivity contribution >= 4 is 23.8 Å². The fourth-order valence-electron chi connectivity index (χ4n) is 6.21. The first kappa shape index (κ1) is 30.1. The van der Waals surface area contributed by atoms with Crippen LogP contribution in [-0.2, 0) is 9.59 Å². The van der Waals surface area contributed by atoms with E-state index in [1.807, 2.05) is 23.1 Å². The second-order valence-electron chi connectivity index (χ2n) is 11.6. The highest BCUT2D eigenvalue weighted by Gasteiger charge is 2.32. The lowest BCUT2D eigenvalue weighted by Crippen LogP contribution is -2.49. The van der Waals surface area contributed by atoms with E-state index in [4.69, 9.17) is 4.74 Å². The molecule has 1 fully saturated rings. The van der Waals surface area contributed by atoms with Gasteiger partial charge in [-0.2, -0.15) is 0 Å². The lowest BCUT2D eigenvalue weighted by molar-refractivity contribution is -0.142. The fourth-order valence-corrected chi connectivity index (χ4v) is 6.21. The lowest BCUT2D eigenvalue weighted by atomic mass is 9.92. The molecule has 43 heavy (non-hydrogen) atoms. The number of methoxy groups -OCH3 is 1. The highest BCUT2D eigenvalue weighted by Crippen LogP contribution is 2.27. The standard InChI is InChI=1S/C33H40N4O6/c1-43-29-11-5-4-10-27(29)31(39)36-17-6-9-25(21-36)30(38)35-28(32(40)41)19-22-12-14-26(15-13-22)34-33(42)37-18-16-23-7-2-3-8-24(23)20-37/h3-5,8,10-14,25-26,28H,2,6-7,9,15-21H2,1H3,(H,34,42)(H,35,38)(H,40,41)/t25?,26?,28-/m0/s1. The van der Waals surface area contributed by atoms with Crippen LogP contribution in [0.15, 0.2) is 71.4 Å². The summed E-state index contributed by atoms with van der Waals surface area (Å²) in [5.74, 6) is -1.73. The minimum Gasteiger partial charge on any atom is -0.496 e. The van der Waals surface area contributed by atoms with Gasteiger partial charge in [0.15, 0.2) is 0 Å². The van der Waals surface area contributed by atoms with Gasteiger partial charge in [0.1, 0.15) is 11.8 Å². The molecule has 0 saturated carbocycles. The van der Waals surface area contributed by atoms with Gasteiger partial charge in [-0.3, -0.25) is 9.59 Å². The predicted octanol–water partition coefficient (Wildman–Crippen LogP) is 3.82. The van der Waals surface area contributed by atoms with E-state index >= 15 is 0 Å². The van der Waals surface area contributed by atoms with Gasteiger partial charge in [-0.05, 0) is 61.8 Å². The number of likely N-dealkylation sites (tertiary alicyclic amines) is 1. The summed E-state index contributed by atoms with van der Waals surface area (Å²) in [6, 6.07) is 5.59. The molecular weight excluding hydrogens is 548 g/mol. The molecule has 0 aromatic heterocycles. The van der Waals surface area contributed by atoms with Crippen LogP contribution in [-0.4, -0.2) is 84.1 Å². The van der Waals surface area contributed by atoms with Crippen LogP contribution in [0.3, 0.4) is 0 Å². The third-order valence-electron chi connectivity index (χ3n) is 8.67. The summed E-state index contributed by atoms with van der Waals surface area (Å²) in [6.45, 7) is 2.07. The number of nitrogens with one attached hydrogen (secondary N) is 2. The number of para-hydroxylation sites is 1. The molecule has 3 N–H and O–H groups in total. The molecule has 2 aliphatic heterocycles. The number of carboxylic acid groups (broad SMARTS) is 1. The van der Waals surface area contributed by atoms with Gasteiger partial charge in [-0.15, -0.1) is 0 Å². The molecule has 2 heterocycles. The zero-order chi connectivity index (χ0) is 30.3. The van der Waals surface area contributed by atoms with Crippen LogP contribution in [0.4, 0.5) is 4.79 Å².